The van der Waals surface area contributed by atoms with Crippen LogP contribution in [0, 0.1) is 17.5 Å². The van der Waals surface area contributed by atoms with Crippen LogP contribution in [0.3, 0.4) is 0 Å². The van der Waals surface area contributed by atoms with Gasteiger partial charge in [0.05, 0.1) is 0 Å². The van der Waals surface area contributed by atoms with E-state index in [0.29, 0.717) is 12.6 Å². The number of rotatable bonds is 2. The third-order valence-electron chi connectivity index (χ3n) is 2.95. The van der Waals surface area contributed by atoms with E-state index < -0.39 is 32.4 Å². The predicted octanol–water partition coefficient (Wildman–Crippen LogP) is 1.51. The molecule has 0 unspecified atom stereocenters. The molecule has 0 radical (unpaired) electrons. The Labute approximate surface area is 121 Å². The largest absolute Gasteiger partial charge is 0.312 e. The summed E-state index contributed by atoms with van der Waals surface area (Å²) in [5.41, 5.74) is 0. The van der Waals surface area contributed by atoms with Crippen LogP contribution in [-0.4, -0.2) is 38.4 Å². The highest BCUT2D eigenvalue weighted by Gasteiger charge is 2.32. The summed E-state index contributed by atoms with van der Waals surface area (Å²) in [4.78, 5) is -0.833. The monoisotopic (exact) mass is 330 g/mol. The highest BCUT2D eigenvalue weighted by atomic mass is 35.5. The Balaban J connectivity index is 0.00000200. The van der Waals surface area contributed by atoms with Crippen molar-refractivity contribution in [1.82, 2.24) is 9.62 Å². The van der Waals surface area contributed by atoms with Crippen molar-refractivity contribution in [3.63, 3.8) is 0 Å². The van der Waals surface area contributed by atoms with E-state index in [1.807, 2.05) is 0 Å². The van der Waals surface area contributed by atoms with E-state index in [9.17, 15) is 21.6 Å². The van der Waals surface area contributed by atoms with E-state index in [2.05, 4.69) is 5.32 Å². The van der Waals surface area contributed by atoms with Crippen molar-refractivity contribution in [1.29, 1.82) is 0 Å². The van der Waals surface area contributed by atoms with Gasteiger partial charge >= 0.3 is 0 Å². The third-order valence-corrected chi connectivity index (χ3v) is 4.83. The maximum absolute atomic E-state index is 13.6. The van der Waals surface area contributed by atoms with Crippen molar-refractivity contribution in [2.75, 3.05) is 19.6 Å². The highest BCUT2D eigenvalue weighted by Crippen LogP contribution is 2.23. The van der Waals surface area contributed by atoms with Crippen LogP contribution in [0.4, 0.5) is 13.2 Å². The van der Waals surface area contributed by atoms with Gasteiger partial charge in [-0.25, -0.2) is 21.6 Å². The number of piperazine rings is 1. The second-order valence-corrected chi connectivity index (χ2v) is 6.30. The molecular formula is C11H14ClF3N2O2S. The van der Waals surface area contributed by atoms with Crippen LogP contribution in [0.2, 0.25) is 0 Å². The predicted molar refractivity (Wildman–Crippen MR) is 69.8 cm³/mol. The maximum Gasteiger partial charge on any atom is 0.246 e. The molecule has 0 amide bonds. The third kappa shape index (κ3) is 3.08. The maximum atomic E-state index is 13.6. The average molecular weight is 331 g/mol. The molecule has 0 bridgehead atoms. The quantitative estimate of drug-likeness (QED) is 0.836. The van der Waals surface area contributed by atoms with Crippen molar-refractivity contribution < 1.29 is 21.6 Å². The average Bonchev–Trinajstić information content (AvgIpc) is 2.36. The van der Waals surface area contributed by atoms with Gasteiger partial charge in [-0.15, -0.1) is 12.4 Å². The minimum absolute atomic E-state index is 0. The molecular weight excluding hydrogens is 317 g/mol. The molecule has 9 heteroatoms. The van der Waals surface area contributed by atoms with Crippen LogP contribution < -0.4 is 5.32 Å². The number of halogens is 4. The fraction of sp³-hybridized carbons (Fsp3) is 0.455. The number of sulfonamides is 1. The Bertz CT molecular complexity index is 598. The standard InChI is InChI=1S/C11H13F3N2O2S.ClH/c1-7-6-16(5-4-15-7)19(17,18)9-3-2-8(12)10(13)11(9)14;/h2-3,7,15H,4-6H2,1H3;1H/t7-;/m1./s1. The molecule has 1 aromatic rings. The molecule has 2 rings (SSSR count). The van der Waals surface area contributed by atoms with Gasteiger partial charge in [-0.3, -0.25) is 0 Å². The van der Waals surface area contributed by atoms with Gasteiger partial charge in [-0.1, -0.05) is 0 Å². The molecule has 1 heterocycles. The van der Waals surface area contributed by atoms with Gasteiger partial charge in [0.1, 0.15) is 4.90 Å². The van der Waals surface area contributed by atoms with Gasteiger partial charge in [-0.05, 0) is 19.1 Å². The second kappa shape index (κ2) is 6.30. The lowest BCUT2D eigenvalue weighted by Gasteiger charge is -2.31. The van der Waals surface area contributed by atoms with Crippen LogP contribution in [0.5, 0.6) is 0 Å². The first-order chi connectivity index (χ1) is 8.84. The van der Waals surface area contributed by atoms with Crippen molar-refractivity contribution in [2.45, 2.75) is 17.9 Å². The first kappa shape index (κ1) is 17.2. The zero-order chi connectivity index (χ0) is 14.2. The van der Waals surface area contributed by atoms with Gasteiger partial charge in [0, 0.05) is 25.7 Å². The van der Waals surface area contributed by atoms with E-state index in [1.54, 1.807) is 6.92 Å². The van der Waals surface area contributed by atoms with Crippen LogP contribution in [-0.2, 0) is 10.0 Å². The van der Waals surface area contributed by atoms with Crippen LogP contribution in [0.25, 0.3) is 0 Å². The van der Waals surface area contributed by atoms with Crippen molar-refractivity contribution in [3.8, 4) is 0 Å². The van der Waals surface area contributed by atoms with Crippen molar-refractivity contribution in [2.24, 2.45) is 0 Å². The molecule has 114 valence electrons. The molecule has 1 aliphatic rings. The van der Waals surface area contributed by atoms with E-state index >= 15 is 0 Å². The second-order valence-electron chi connectivity index (χ2n) is 4.39. The van der Waals surface area contributed by atoms with E-state index in [1.165, 1.54) is 0 Å². The summed E-state index contributed by atoms with van der Waals surface area (Å²) in [5, 5.41) is 3.04. The van der Waals surface area contributed by atoms with Gasteiger partial charge in [0.2, 0.25) is 10.0 Å². The molecule has 1 atom stereocenters. The van der Waals surface area contributed by atoms with E-state index in [-0.39, 0.29) is 31.5 Å². The van der Waals surface area contributed by atoms with Crippen LogP contribution in [0.15, 0.2) is 17.0 Å². The molecule has 1 aromatic carbocycles. The molecule has 1 aliphatic heterocycles. The summed E-state index contributed by atoms with van der Waals surface area (Å²) >= 11 is 0. The summed E-state index contributed by atoms with van der Waals surface area (Å²) in [6.07, 6.45) is 0. The van der Waals surface area contributed by atoms with E-state index in [0.717, 1.165) is 10.4 Å². The van der Waals surface area contributed by atoms with Crippen molar-refractivity contribution >= 4 is 22.4 Å². The molecule has 0 aliphatic carbocycles. The minimum atomic E-state index is -4.15. The number of hydrogen-bond donors (Lipinski definition) is 1. The van der Waals surface area contributed by atoms with E-state index in [4.69, 9.17) is 0 Å². The smallest absolute Gasteiger partial charge is 0.246 e. The van der Waals surface area contributed by atoms with Crippen LogP contribution in [0.1, 0.15) is 6.92 Å². The first-order valence-corrected chi connectivity index (χ1v) is 7.15. The van der Waals surface area contributed by atoms with Gasteiger partial charge < -0.3 is 5.32 Å². The molecule has 1 saturated heterocycles. The lowest BCUT2D eigenvalue weighted by Crippen LogP contribution is -2.51. The fourth-order valence-corrected chi connectivity index (χ4v) is 3.55. The lowest BCUT2D eigenvalue weighted by molar-refractivity contribution is 0.308. The van der Waals surface area contributed by atoms with Crippen LogP contribution >= 0.6 is 12.4 Å². The summed E-state index contributed by atoms with van der Waals surface area (Å²) in [6, 6.07) is 1.27. The number of nitrogens with zero attached hydrogens (tertiary/aromatic N) is 1. The summed E-state index contributed by atoms with van der Waals surface area (Å²) < 4.78 is 64.9. The fourth-order valence-electron chi connectivity index (χ4n) is 1.96. The highest BCUT2D eigenvalue weighted by molar-refractivity contribution is 7.89. The topological polar surface area (TPSA) is 49.4 Å². The van der Waals surface area contributed by atoms with Gasteiger partial charge in [0.25, 0.3) is 0 Å². The Morgan fingerprint density at radius 1 is 1.25 bits per heavy atom. The number of hydrogen-bond acceptors (Lipinski definition) is 3. The molecule has 0 aromatic heterocycles. The Morgan fingerprint density at radius 2 is 1.90 bits per heavy atom. The molecule has 20 heavy (non-hydrogen) atoms. The van der Waals surface area contributed by atoms with Gasteiger partial charge in [0.15, 0.2) is 17.5 Å². The summed E-state index contributed by atoms with van der Waals surface area (Å²) in [5.74, 6) is -4.86. The summed E-state index contributed by atoms with van der Waals surface area (Å²) in [7, 11) is -4.15. The Hall–Kier alpha value is -0.830. The SMILES string of the molecule is C[C@@H]1CN(S(=O)(=O)c2ccc(F)c(F)c2F)CCN1.Cl. The van der Waals surface area contributed by atoms with Crippen molar-refractivity contribution in [3.05, 3.63) is 29.6 Å². The Kier molecular flexibility index (Phi) is 5.42. The molecule has 0 spiro atoms. The molecule has 1 N–H and O–H groups in total. The Morgan fingerprint density at radius 3 is 2.50 bits per heavy atom. The number of benzene rings is 1. The normalized spacial score (nSPS) is 20.5. The number of nitrogens with one attached hydrogen (secondary N) is 1. The molecule has 4 nitrogen and oxygen atoms in total. The minimum Gasteiger partial charge on any atom is -0.312 e. The molecule has 1 fully saturated rings. The first-order valence-electron chi connectivity index (χ1n) is 5.71. The lowest BCUT2D eigenvalue weighted by atomic mass is 10.3. The zero-order valence-corrected chi connectivity index (χ0v) is 12.2. The van der Waals surface area contributed by atoms with Gasteiger partial charge in [-0.2, -0.15) is 4.31 Å². The zero-order valence-electron chi connectivity index (χ0n) is 10.6. The summed E-state index contributed by atoms with van der Waals surface area (Å²) in [6.45, 7) is 2.51. The molecule has 0 saturated carbocycles.